The third-order valence-corrected chi connectivity index (χ3v) is 17.2. The zero-order valence-corrected chi connectivity index (χ0v) is 27.8. The van der Waals surface area contributed by atoms with Crippen molar-refractivity contribution in [3.63, 3.8) is 0 Å². The van der Waals surface area contributed by atoms with Gasteiger partial charge >= 0.3 is 0 Å². The molecule has 0 spiro atoms. The average molecular weight is 557 g/mol. The monoisotopic (exact) mass is 556 g/mol. The SMILES string of the molecule is Cc1cc2c(cc1[Si](C)(C)C)c([Si](C)(C)C(C)(C)C)cc(-c1c(C)c(C)cc3c1oc1cc(F)ccc13)[n+]2C. The van der Waals surface area contributed by atoms with Gasteiger partial charge in [0.25, 0.3) is 0 Å². The molecule has 39 heavy (non-hydrogen) atoms. The highest BCUT2D eigenvalue weighted by Crippen LogP contribution is 2.41. The van der Waals surface area contributed by atoms with E-state index in [1.807, 2.05) is 6.07 Å². The average Bonchev–Trinajstić information content (AvgIpc) is 3.15. The first-order valence-corrected chi connectivity index (χ1v) is 20.5. The summed E-state index contributed by atoms with van der Waals surface area (Å²) in [7, 11) is -1.29. The van der Waals surface area contributed by atoms with E-state index in [1.165, 1.54) is 50.1 Å². The van der Waals surface area contributed by atoms with E-state index in [4.69, 9.17) is 4.42 Å². The van der Waals surface area contributed by atoms with Crippen LogP contribution in [0.1, 0.15) is 37.5 Å². The van der Waals surface area contributed by atoms with Crippen LogP contribution in [0.3, 0.4) is 0 Å². The molecular weight excluding hydrogens is 514 g/mol. The first kappa shape index (κ1) is 27.8. The van der Waals surface area contributed by atoms with Crippen molar-refractivity contribution >= 4 is 59.4 Å². The largest absolute Gasteiger partial charge is 0.455 e. The second-order valence-corrected chi connectivity index (χ2v) is 24.5. The van der Waals surface area contributed by atoms with Crippen LogP contribution >= 0.6 is 0 Å². The van der Waals surface area contributed by atoms with Gasteiger partial charge < -0.3 is 4.42 Å². The number of halogens is 1. The summed E-state index contributed by atoms with van der Waals surface area (Å²) in [6.07, 6.45) is 0. The molecule has 0 unspecified atom stereocenters. The second-order valence-electron chi connectivity index (χ2n) is 14.1. The Morgan fingerprint density at radius 1 is 0.769 bits per heavy atom. The lowest BCUT2D eigenvalue weighted by molar-refractivity contribution is -0.633. The Hall–Kier alpha value is -2.77. The third-order valence-electron chi connectivity index (χ3n) is 9.49. The van der Waals surface area contributed by atoms with Gasteiger partial charge in [0.2, 0.25) is 11.2 Å². The fourth-order valence-electron chi connectivity index (χ4n) is 6.02. The van der Waals surface area contributed by atoms with E-state index in [9.17, 15) is 4.39 Å². The highest BCUT2D eigenvalue weighted by atomic mass is 28.3. The number of hydrogen-bond donors (Lipinski definition) is 0. The Kier molecular flexibility index (Phi) is 6.32. The molecule has 0 amide bonds. The molecule has 0 aliphatic heterocycles. The summed E-state index contributed by atoms with van der Waals surface area (Å²) in [4.78, 5) is 0. The number of fused-ring (bicyclic) bond motifs is 4. The predicted octanol–water partition coefficient (Wildman–Crippen LogP) is 8.56. The van der Waals surface area contributed by atoms with E-state index in [2.05, 4.69) is 110 Å². The van der Waals surface area contributed by atoms with Crippen molar-refractivity contribution in [1.82, 2.24) is 0 Å². The van der Waals surface area contributed by atoms with Gasteiger partial charge in [-0.25, -0.2) is 4.39 Å². The van der Waals surface area contributed by atoms with Gasteiger partial charge in [0.05, 0.1) is 21.7 Å². The first-order valence-electron chi connectivity index (χ1n) is 14.0. The molecule has 0 aliphatic rings. The summed E-state index contributed by atoms with van der Waals surface area (Å²) in [6.45, 7) is 26.2. The van der Waals surface area contributed by atoms with E-state index >= 15 is 0 Å². The maximum Gasteiger partial charge on any atom is 0.216 e. The van der Waals surface area contributed by atoms with E-state index < -0.39 is 16.1 Å². The first-order chi connectivity index (χ1) is 17.9. The quantitative estimate of drug-likeness (QED) is 0.161. The topological polar surface area (TPSA) is 17.0 Å². The molecule has 0 N–H and O–H groups in total. The maximum absolute atomic E-state index is 14.2. The fourth-order valence-corrected chi connectivity index (χ4v) is 10.0. The Morgan fingerprint density at radius 3 is 2.05 bits per heavy atom. The van der Waals surface area contributed by atoms with E-state index in [0.717, 1.165) is 27.6 Å². The van der Waals surface area contributed by atoms with Crippen LogP contribution in [0.25, 0.3) is 44.1 Å². The molecular formula is C34H43FNOSi2+. The van der Waals surface area contributed by atoms with Crippen molar-refractivity contribution < 1.29 is 13.4 Å². The number of furan rings is 1. The van der Waals surface area contributed by atoms with Crippen molar-refractivity contribution in [2.24, 2.45) is 7.05 Å². The van der Waals surface area contributed by atoms with Crippen molar-refractivity contribution in [2.75, 3.05) is 0 Å². The number of pyridine rings is 1. The van der Waals surface area contributed by atoms with Crippen LogP contribution in [0, 0.1) is 26.6 Å². The highest BCUT2D eigenvalue weighted by molar-refractivity contribution is 6.94. The molecule has 0 bridgehead atoms. The van der Waals surface area contributed by atoms with E-state index in [1.54, 1.807) is 0 Å². The summed E-state index contributed by atoms with van der Waals surface area (Å²) >= 11 is 0. The molecule has 204 valence electrons. The smallest absolute Gasteiger partial charge is 0.216 e. The molecule has 5 heteroatoms. The standard InChI is InChI=1S/C34H43FNOSi2/c1-20-15-25-24-14-13-23(35)17-29(24)37-33(25)32(22(20)3)28-19-31(39(11,12)34(4,5)6)26-18-30(38(8,9)10)21(2)16-27(26)36(28)7/h13-19H,1-12H3/q+1. The maximum atomic E-state index is 14.2. The molecule has 0 saturated carbocycles. The molecule has 2 aromatic heterocycles. The van der Waals surface area contributed by atoms with E-state index in [-0.39, 0.29) is 10.9 Å². The molecule has 0 fully saturated rings. The molecule has 5 rings (SSSR count). The second kappa shape index (κ2) is 8.87. The lowest BCUT2D eigenvalue weighted by atomic mass is 9.95. The minimum absolute atomic E-state index is 0.176. The van der Waals surface area contributed by atoms with Gasteiger partial charge in [-0.1, -0.05) is 58.7 Å². The molecule has 0 radical (unpaired) electrons. The van der Waals surface area contributed by atoms with Crippen molar-refractivity contribution in [2.45, 2.75) is 79.3 Å². The van der Waals surface area contributed by atoms with Crippen LogP contribution in [-0.2, 0) is 7.05 Å². The summed E-state index contributed by atoms with van der Waals surface area (Å²) in [5.41, 5.74) is 8.76. The zero-order chi connectivity index (χ0) is 28.8. The lowest BCUT2D eigenvalue weighted by Gasteiger charge is -2.38. The number of benzene rings is 3. The van der Waals surface area contributed by atoms with E-state index in [0.29, 0.717) is 5.58 Å². The zero-order valence-electron chi connectivity index (χ0n) is 25.8. The van der Waals surface area contributed by atoms with Crippen LogP contribution in [0.4, 0.5) is 4.39 Å². The number of nitrogens with zero attached hydrogens (tertiary/aromatic N) is 1. The Bertz CT molecular complexity index is 1800. The van der Waals surface area contributed by atoms with Crippen LogP contribution in [0.2, 0.25) is 37.8 Å². The number of aromatic nitrogens is 1. The van der Waals surface area contributed by atoms with Gasteiger partial charge in [0.15, 0.2) is 0 Å². The number of aryl methyl sites for hydroxylation is 3. The van der Waals surface area contributed by atoms with Gasteiger partial charge in [0.1, 0.15) is 24.0 Å². The summed E-state index contributed by atoms with van der Waals surface area (Å²) in [5, 5.41) is 6.60. The summed E-state index contributed by atoms with van der Waals surface area (Å²) in [5.74, 6) is -0.276. The highest BCUT2D eigenvalue weighted by Gasteiger charge is 2.40. The lowest BCUT2D eigenvalue weighted by Crippen LogP contribution is -2.52. The van der Waals surface area contributed by atoms with Crippen LogP contribution in [0.15, 0.2) is 46.9 Å². The minimum Gasteiger partial charge on any atom is -0.455 e. The van der Waals surface area contributed by atoms with Gasteiger partial charge in [-0.2, -0.15) is 4.57 Å². The van der Waals surface area contributed by atoms with Crippen molar-refractivity contribution in [1.29, 1.82) is 0 Å². The normalized spacial score (nSPS) is 13.3. The molecule has 0 aliphatic carbocycles. The van der Waals surface area contributed by atoms with Crippen molar-refractivity contribution in [3.05, 3.63) is 65.0 Å². The third kappa shape index (κ3) is 4.29. The Balaban J connectivity index is 1.99. The predicted molar refractivity (Wildman–Crippen MR) is 172 cm³/mol. The molecule has 2 heterocycles. The Morgan fingerprint density at radius 2 is 1.44 bits per heavy atom. The van der Waals surface area contributed by atoms with Gasteiger partial charge in [-0.3, -0.25) is 0 Å². The van der Waals surface area contributed by atoms with Crippen LogP contribution in [0.5, 0.6) is 0 Å². The van der Waals surface area contributed by atoms with Crippen molar-refractivity contribution in [3.8, 4) is 11.3 Å². The van der Waals surface area contributed by atoms with Crippen LogP contribution < -0.4 is 14.9 Å². The van der Waals surface area contributed by atoms with Gasteiger partial charge in [-0.15, -0.1) is 0 Å². The summed E-state index contributed by atoms with van der Waals surface area (Å²) in [6, 6.07) is 14.5. The Labute approximate surface area is 234 Å². The molecule has 0 saturated heterocycles. The molecule has 5 aromatic rings. The summed E-state index contributed by atoms with van der Waals surface area (Å²) < 4.78 is 23.0. The van der Waals surface area contributed by atoms with Gasteiger partial charge in [-0.05, 0) is 72.0 Å². The molecule has 3 aromatic carbocycles. The number of rotatable bonds is 3. The van der Waals surface area contributed by atoms with Gasteiger partial charge in [0, 0.05) is 34.4 Å². The minimum atomic E-state index is -1.95. The van der Waals surface area contributed by atoms with Crippen LogP contribution in [-0.4, -0.2) is 16.1 Å². The fraction of sp³-hybridized carbons (Fsp3) is 0.382. The molecule has 2 nitrogen and oxygen atoms in total. The molecule has 0 atom stereocenters. The number of hydrogen-bond acceptors (Lipinski definition) is 1.